The van der Waals surface area contributed by atoms with Crippen LogP contribution in [0.25, 0.3) is 10.9 Å². The number of aromatic nitrogens is 1. The Morgan fingerprint density at radius 2 is 1.77 bits per heavy atom. The lowest BCUT2D eigenvalue weighted by Crippen LogP contribution is -2.56. The number of ether oxygens (including phenoxy) is 2. The topological polar surface area (TPSA) is 104 Å². The summed E-state index contributed by atoms with van der Waals surface area (Å²) in [7, 11) is 0. The van der Waals surface area contributed by atoms with Crippen molar-refractivity contribution in [3.8, 4) is 5.75 Å². The maximum absolute atomic E-state index is 10.6. The van der Waals surface area contributed by atoms with E-state index in [2.05, 4.69) is 0 Å². The quantitative estimate of drug-likeness (QED) is 0.462. The Bertz CT molecular complexity index is 1030. The van der Waals surface area contributed by atoms with Crippen LogP contribution in [0.1, 0.15) is 24.3 Å². The van der Waals surface area contributed by atoms with Crippen LogP contribution in [-0.2, 0) is 11.2 Å². The molecule has 1 aliphatic rings. The number of hydrogen-bond acceptors (Lipinski definition) is 6. The summed E-state index contributed by atoms with van der Waals surface area (Å²) in [5.74, 6) is 0.804. The summed E-state index contributed by atoms with van der Waals surface area (Å²) in [6.45, 7) is 2.05. The number of para-hydroxylation sites is 1. The minimum Gasteiger partial charge on any atom is -0.494 e. The SMILES string of the molecule is CCOc1ccc(Cc2cn([C@@H]3O[C@H](CO)[C@@H](O)[C@H](O)[C@H]3O)c3c(Cl)cccc23)cc1. The van der Waals surface area contributed by atoms with Crippen molar-refractivity contribution in [3.05, 3.63) is 64.8 Å². The highest BCUT2D eigenvalue weighted by molar-refractivity contribution is 6.35. The number of aliphatic hydroxyl groups is 4. The Morgan fingerprint density at radius 1 is 1.03 bits per heavy atom. The minimum atomic E-state index is -1.47. The van der Waals surface area contributed by atoms with Crippen LogP contribution in [-0.4, -0.2) is 62.6 Å². The molecule has 0 unspecified atom stereocenters. The maximum atomic E-state index is 10.6. The summed E-state index contributed by atoms with van der Waals surface area (Å²) in [5.41, 5.74) is 2.67. The first kappa shape index (κ1) is 22.1. The molecule has 8 heteroatoms. The van der Waals surface area contributed by atoms with E-state index in [4.69, 9.17) is 21.1 Å². The van der Waals surface area contributed by atoms with Crippen molar-refractivity contribution in [3.63, 3.8) is 0 Å². The van der Waals surface area contributed by atoms with Crippen LogP contribution in [0.4, 0.5) is 0 Å². The zero-order valence-corrected chi connectivity index (χ0v) is 17.8. The van der Waals surface area contributed by atoms with E-state index in [1.54, 1.807) is 10.6 Å². The molecule has 1 fully saturated rings. The van der Waals surface area contributed by atoms with Crippen LogP contribution in [0.2, 0.25) is 5.02 Å². The van der Waals surface area contributed by atoms with E-state index in [1.807, 2.05) is 49.5 Å². The monoisotopic (exact) mass is 447 g/mol. The number of hydrogen-bond donors (Lipinski definition) is 4. The molecule has 4 N–H and O–H groups in total. The van der Waals surface area contributed by atoms with Crippen LogP contribution < -0.4 is 4.74 Å². The minimum absolute atomic E-state index is 0.465. The molecule has 2 heterocycles. The van der Waals surface area contributed by atoms with Crippen molar-refractivity contribution in [2.75, 3.05) is 13.2 Å². The third kappa shape index (κ3) is 4.17. The van der Waals surface area contributed by atoms with Crippen LogP contribution in [0.3, 0.4) is 0 Å². The molecule has 0 spiro atoms. The van der Waals surface area contributed by atoms with Gasteiger partial charge >= 0.3 is 0 Å². The lowest BCUT2D eigenvalue weighted by atomic mass is 9.98. The van der Waals surface area contributed by atoms with Crippen molar-refractivity contribution < 1.29 is 29.9 Å². The second-order valence-corrected chi connectivity index (χ2v) is 8.08. The molecule has 0 amide bonds. The predicted molar refractivity (Wildman–Crippen MR) is 116 cm³/mol. The summed E-state index contributed by atoms with van der Waals surface area (Å²) < 4.78 is 12.9. The zero-order chi connectivity index (χ0) is 22.1. The fraction of sp³-hybridized carbons (Fsp3) is 0.391. The normalized spacial score (nSPS) is 26.3. The summed E-state index contributed by atoms with van der Waals surface area (Å²) in [6, 6.07) is 13.4. The lowest BCUT2D eigenvalue weighted by molar-refractivity contribution is -0.250. The van der Waals surface area contributed by atoms with Gasteiger partial charge in [0.05, 0.1) is 23.8 Å². The number of fused-ring (bicyclic) bond motifs is 1. The molecule has 0 bridgehead atoms. The number of benzene rings is 2. The van der Waals surface area contributed by atoms with E-state index >= 15 is 0 Å². The van der Waals surface area contributed by atoms with Crippen molar-refractivity contribution in [1.29, 1.82) is 0 Å². The van der Waals surface area contributed by atoms with Crippen molar-refractivity contribution >= 4 is 22.5 Å². The average Bonchev–Trinajstić information content (AvgIpc) is 3.13. The van der Waals surface area contributed by atoms with E-state index in [0.29, 0.717) is 23.6 Å². The van der Waals surface area contributed by atoms with E-state index in [0.717, 1.165) is 22.3 Å². The molecular formula is C23H26ClNO6. The first-order valence-corrected chi connectivity index (χ1v) is 10.6. The predicted octanol–water partition coefficient (Wildman–Crippen LogP) is 2.26. The second kappa shape index (κ2) is 9.16. The second-order valence-electron chi connectivity index (χ2n) is 7.67. The van der Waals surface area contributed by atoms with Crippen molar-refractivity contribution in [1.82, 2.24) is 4.57 Å². The van der Waals surface area contributed by atoms with Crippen molar-refractivity contribution in [2.24, 2.45) is 0 Å². The van der Waals surface area contributed by atoms with Crippen LogP contribution in [0.15, 0.2) is 48.7 Å². The van der Waals surface area contributed by atoms with E-state index < -0.39 is 37.3 Å². The molecule has 31 heavy (non-hydrogen) atoms. The van der Waals surface area contributed by atoms with E-state index in [1.165, 1.54) is 0 Å². The molecular weight excluding hydrogens is 422 g/mol. The smallest absolute Gasteiger partial charge is 0.163 e. The largest absolute Gasteiger partial charge is 0.494 e. The number of rotatable bonds is 6. The molecule has 5 atom stereocenters. The van der Waals surface area contributed by atoms with Crippen molar-refractivity contribution in [2.45, 2.75) is 44.0 Å². The molecule has 1 aliphatic heterocycles. The van der Waals surface area contributed by atoms with Gasteiger partial charge in [-0.1, -0.05) is 35.9 Å². The third-order valence-electron chi connectivity index (χ3n) is 5.66. The molecule has 0 saturated carbocycles. The Morgan fingerprint density at radius 3 is 2.45 bits per heavy atom. The van der Waals surface area contributed by atoms with Gasteiger partial charge < -0.3 is 34.5 Å². The molecule has 4 rings (SSSR count). The standard InChI is InChI=1S/C23H26ClNO6/c1-2-30-15-8-6-13(7-9-15)10-14-11-25(19-16(14)4-3-5-17(19)24)23-22(29)21(28)20(27)18(12-26)31-23/h3-9,11,18,20-23,26-29H,2,10,12H2,1H3/t18-,20-,21+,22-,23-/m1/s1. The summed E-state index contributed by atoms with van der Waals surface area (Å²) in [4.78, 5) is 0. The molecule has 0 aliphatic carbocycles. The highest BCUT2D eigenvalue weighted by atomic mass is 35.5. The summed E-state index contributed by atoms with van der Waals surface area (Å²) >= 11 is 6.50. The molecule has 166 valence electrons. The van der Waals surface area contributed by atoms with Gasteiger partial charge in [-0.15, -0.1) is 0 Å². The first-order valence-electron chi connectivity index (χ1n) is 10.2. The number of halogens is 1. The first-order chi connectivity index (χ1) is 14.9. The van der Waals surface area contributed by atoms with Gasteiger partial charge in [-0.2, -0.15) is 0 Å². The Hall–Kier alpha value is -2.13. The Balaban J connectivity index is 1.73. The highest BCUT2D eigenvalue weighted by Gasteiger charge is 2.44. The average molecular weight is 448 g/mol. The van der Waals surface area contributed by atoms with Gasteiger partial charge in [0.1, 0.15) is 30.2 Å². The third-order valence-corrected chi connectivity index (χ3v) is 5.96. The number of aliphatic hydroxyl groups excluding tert-OH is 4. The maximum Gasteiger partial charge on any atom is 0.163 e. The summed E-state index contributed by atoms with van der Waals surface area (Å²) in [5, 5.41) is 41.8. The van der Waals surface area contributed by atoms with E-state index in [-0.39, 0.29) is 0 Å². The summed E-state index contributed by atoms with van der Waals surface area (Å²) in [6.07, 6.45) is -3.87. The van der Waals surface area contributed by atoms with Gasteiger partial charge in [0.2, 0.25) is 0 Å². The van der Waals surface area contributed by atoms with Crippen LogP contribution >= 0.6 is 11.6 Å². The van der Waals surface area contributed by atoms with Gasteiger partial charge in [-0.05, 0) is 42.7 Å². The van der Waals surface area contributed by atoms with E-state index in [9.17, 15) is 20.4 Å². The molecule has 1 saturated heterocycles. The fourth-order valence-electron chi connectivity index (χ4n) is 4.08. The van der Waals surface area contributed by atoms with Gasteiger partial charge in [0.25, 0.3) is 0 Å². The van der Waals surface area contributed by atoms with Crippen LogP contribution in [0.5, 0.6) is 5.75 Å². The highest BCUT2D eigenvalue weighted by Crippen LogP contribution is 2.36. The molecule has 3 aromatic rings. The molecule has 1 aromatic heterocycles. The van der Waals surface area contributed by atoms with Gasteiger partial charge in [0, 0.05) is 11.6 Å². The molecule has 7 nitrogen and oxygen atoms in total. The Labute approximate surface area is 185 Å². The number of nitrogens with zero attached hydrogens (tertiary/aromatic N) is 1. The van der Waals surface area contributed by atoms with Gasteiger partial charge in [-0.25, -0.2) is 0 Å². The Kier molecular flexibility index (Phi) is 6.52. The fourth-order valence-corrected chi connectivity index (χ4v) is 4.35. The zero-order valence-electron chi connectivity index (χ0n) is 17.1. The molecule has 0 radical (unpaired) electrons. The molecule has 2 aromatic carbocycles. The van der Waals surface area contributed by atoms with Gasteiger partial charge in [-0.3, -0.25) is 0 Å². The van der Waals surface area contributed by atoms with Gasteiger partial charge in [0.15, 0.2) is 6.23 Å². The van der Waals surface area contributed by atoms with Crippen LogP contribution in [0, 0.1) is 0 Å². The lowest BCUT2D eigenvalue weighted by Gasteiger charge is -2.40.